The molecule has 0 bridgehead atoms. The van der Waals surface area contributed by atoms with Crippen LogP contribution in [0, 0.1) is 5.92 Å². The average molecular weight is 211 g/mol. The minimum Gasteiger partial charge on any atom is -0.330 e. The Labute approximate surface area is 91.3 Å². The van der Waals surface area contributed by atoms with Gasteiger partial charge in [0.05, 0.1) is 0 Å². The number of thiophene rings is 1. The van der Waals surface area contributed by atoms with Gasteiger partial charge in [0, 0.05) is 9.75 Å². The topological polar surface area (TPSA) is 26.0 Å². The molecule has 1 aromatic heterocycles. The molecule has 0 radical (unpaired) electrons. The van der Waals surface area contributed by atoms with Crippen LogP contribution in [0.5, 0.6) is 0 Å². The minimum atomic E-state index is 0.656. The Morgan fingerprint density at radius 1 is 1.36 bits per heavy atom. The summed E-state index contributed by atoms with van der Waals surface area (Å²) in [7, 11) is 0. The first-order valence-corrected chi connectivity index (χ1v) is 6.29. The first-order chi connectivity index (χ1) is 6.69. The van der Waals surface area contributed by atoms with Crippen molar-refractivity contribution in [3.8, 4) is 0 Å². The zero-order valence-corrected chi connectivity index (χ0v) is 10.2. The molecule has 0 saturated heterocycles. The zero-order chi connectivity index (χ0) is 10.6. The standard InChI is InChI=1S/C12H21NS/c1-4-11-5-6-12(14-11)10(3)9(2)7-8-13/h5-6,9-10H,4,7-8,13H2,1-3H3. The van der Waals surface area contributed by atoms with Crippen LogP contribution in [0.2, 0.25) is 0 Å². The third-order valence-electron chi connectivity index (χ3n) is 2.96. The number of nitrogens with two attached hydrogens (primary N) is 1. The molecule has 0 spiro atoms. The Hall–Kier alpha value is -0.340. The number of hydrogen-bond acceptors (Lipinski definition) is 2. The molecule has 1 rings (SSSR count). The molecule has 0 aliphatic rings. The monoisotopic (exact) mass is 211 g/mol. The summed E-state index contributed by atoms with van der Waals surface area (Å²) in [6, 6.07) is 4.53. The fourth-order valence-electron chi connectivity index (χ4n) is 1.62. The van der Waals surface area contributed by atoms with E-state index in [1.807, 2.05) is 11.3 Å². The third kappa shape index (κ3) is 2.82. The van der Waals surface area contributed by atoms with Gasteiger partial charge in [-0.15, -0.1) is 11.3 Å². The summed E-state index contributed by atoms with van der Waals surface area (Å²) in [5, 5.41) is 0. The maximum atomic E-state index is 5.58. The maximum Gasteiger partial charge on any atom is 0.00790 e. The summed E-state index contributed by atoms with van der Waals surface area (Å²) < 4.78 is 0. The van der Waals surface area contributed by atoms with E-state index in [0.717, 1.165) is 19.4 Å². The quantitative estimate of drug-likeness (QED) is 0.793. The van der Waals surface area contributed by atoms with E-state index in [4.69, 9.17) is 5.73 Å². The summed E-state index contributed by atoms with van der Waals surface area (Å²) in [6.07, 6.45) is 2.28. The molecule has 0 saturated carbocycles. The van der Waals surface area contributed by atoms with Crippen molar-refractivity contribution in [1.82, 2.24) is 0 Å². The Bertz CT molecular complexity index is 267. The predicted molar refractivity (Wildman–Crippen MR) is 64.9 cm³/mol. The van der Waals surface area contributed by atoms with E-state index in [1.54, 1.807) is 0 Å². The summed E-state index contributed by atoms with van der Waals surface area (Å²) in [4.78, 5) is 3.01. The second-order valence-corrected chi connectivity index (χ2v) is 5.20. The van der Waals surface area contributed by atoms with Crippen molar-refractivity contribution >= 4 is 11.3 Å². The van der Waals surface area contributed by atoms with Gasteiger partial charge in [-0.05, 0) is 43.4 Å². The van der Waals surface area contributed by atoms with Gasteiger partial charge in [-0.2, -0.15) is 0 Å². The van der Waals surface area contributed by atoms with E-state index in [2.05, 4.69) is 32.9 Å². The fourth-order valence-corrected chi connectivity index (χ4v) is 2.76. The molecule has 1 aromatic rings. The lowest BCUT2D eigenvalue weighted by atomic mass is 9.92. The lowest BCUT2D eigenvalue weighted by Crippen LogP contribution is -2.11. The van der Waals surface area contributed by atoms with Crippen molar-refractivity contribution < 1.29 is 0 Å². The maximum absolute atomic E-state index is 5.58. The zero-order valence-electron chi connectivity index (χ0n) is 9.42. The van der Waals surface area contributed by atoms with Crippen LogP contribution in [0.3, 0.4) is 0 Å². The second kappa shape index (κ2) is 5.52. The highest BCUT2D eigenvalue weighted by molar-refractivity contribution is 7.12. The lowest BCUT2D eigenvalue weighted by Gasteiger charge is -2.17. The summed E-state index contributed by atoms with van der Waals surface area (Å²) >= 11 is 1.95. The summed E-state index contributed by atoms with van der Waals surface area (Å²) in [5.74, 6) is 1.35. The van der Waals surface area contributed by atoms with E-state index in [1.165, 1.54) is 9.75 Å². The van der Waals surface area contributed by atoms with Crippen LogP contribution >= 0.6 is 11.3 Å². The molecule has 0 aromatic carbocycles. The molecule has 1 nitrogen and oxygen atoms in total. The second-order valence-electron chi connectivity index (χ2n) is 4.00. The molecule has 0 aliphatic carbocycles. The highest BCUT2D eigenvalue weighted by Gasteiger charge is 2.15. The van der Waals surface area contributed by atoms with Gasteiger partial charge in [-0.25, -0.2) is 0 Å². The smallest absolute Gasteiger partial charge is 0.00790 e. The molecule has 0 fully saturated rings. The molecule has 14 heavy (non-hydrogen) atoms. The lowest BCUT2D eigenvalue weighted by molar-refractivity contribution is 0.464. The van der Waals surface area contributed by atoms with Crippen LogP contribution in [0.4, 0.5) is 0 Å². The Morgan fingerprint density at radius 2 is 2.07 bits per heavy atom. The first kappa shape index (κ1) is 11.7. The van der Waals surface area contributed by atoms with Gasteiger partial charge in [-0.1, -0.05) is 20.8 Å². The molecule has 2 N–H and O–H groups in total. The van der Waals surface area contributed by atoms with E-state index < -0.39 is 0 Å². The van der Waals surface area contributed by atoms with Crippen LogP contribution in [0.15, 0.2) is 12.1 Å². The minimum absolute atomic E-state index is 0.656. The Morgan fingerprint density at radius 3 is 2.57 bits per heavy atom. The van der Waals surface area contributed by atoms with Gasteiger partial charge < -0.3 is 5.73 Å². The van der Waals surface area contributed by atoms with Crippen molar-refractivity contribution in [2.45, 2.75) is 39.5 Å². The molecular weight excluding hydrogens is 190 g/mol. The Balaban J connectivity index is 2.63. The normalized spacial score (nSPS) is 15.4. The summed E-state index contributed by atoms with van der Waals surface area (Å²) in [6.45, 7) is 7.62. The van der Waals surface area contributed by atoms with Gasteiger partial charge in [0.2, 0.25) is 0 Å². The van der Waals surface area contributed by atoms with Crippen molar-refractivity contribution in [2.24, 2.45) is 11.7 Å². The van der Waals surface area contributed by atoms with Crippen molar-refractivity contribution in [3.05, 3.63) is 21.9 Å². The predicted octanol–water partition coefficient (Wildman–Crippen LogP) is 3.40. The SMILES string of the molecule is CCc1ccc(C(C)C(C)CCN)s1. The molecule has 2 heteroatoms. The molecule has 0 aliphatic heterocycles. The molecule has 2 atom stereocenters. The van der Waals surface area contributed by atoms with Crippen LogP contribution in [-0.2, 0) is 6.42 Å². The van der Waals surface area contributed by atoms with Crippen molar-refractivity contribution in [1.29, 1.82) is 0 Å². The summed E-state index contributed by atoms with van der Waals surface area (Å²) in [5.41, 5.74) is 5.58. The van der Waals surface area contributed by atoms with Crippen molar-refractivity contribution in [3.63, 3.8) is 0 Å². The third-order valence-corrected chi connectivity index (χ3v) is 4.39. The van der Waals surface area contributed by atoms with Gasteiger partial charge >= 0.3 is 0 Å². The van der Waals surface area contributed by atoms with Crippen LogP contribution in [-0.4, -0.2) is 6.54 Å². The Kier molecular flexibility index (Phi) is 4.63. The highest BCUT2D eigenvalue weighted by atomic mass is 32.1. The highest BCUT2D eigenvalue weighted by Crippen LogP contribution is 2.31. The van der Waals surface area contributed by atoms with Crippen LogP contribution < -0.4 is 5.73 Å². The molecule has 2 unspecified atom stereocenters. The van der Waals surface area contributed by atoms with Gasteiger partial charge in [-0.3, -0.25) is 0 Å². The van der Waals surface area contributed by atoms with Gasteiger partial charge in [0.1, 0.15) is 0 Å². The number of aryl methyl sites for hydroxylation is 1. The van der Waals surface area contributed by atoms with Gasteiger partial charge in [0.25, 0.3) is 0 Å². The van der Waals surface area contributed by atoms with E-state index >= 15 is 0 Å². The first-order valence-electron chi connectivity index (χ1n) is 5.47. The van der Waals surface area contributed by atoms with E-state index in [-0.39, 0.29) is 0 Å². The fraction of sp³-hybridized carbons (Fsp3) is 0.667. The van der Waals surface area contributed by atoms with Gasteiger partial charge in [0.15, 0.2) is 0 Å². The van der Waals surface area contributed by atoms with E-state index in [9.17, 15) is 0 Å². The number of rotatable bonds is 5. The molecular formula is C12H21NS. The largest absolute Gasteiger partial charge is 0.330 e. The molecule has 0 amide bonds. The number of hydrogen-bond donors (Lipinski definition) is 1. The van der Waals surface area contributed by atoms with Crippen LogP contribution in [0.25, 0.3) is 0 Å². The van der Waals surface area contributed by atoms with Crippen molar-refractivity contribution in [2.75, 3.05) is 6.54 Å². The van der Waals surface area contributed by atoms with Crippen LogP contribution in [0.1, 0.15) is 42.9 Å². The molecule has 1 heterocycles. The molecule has 80 valence electrons. The average Bonchev–Trinajstić information content (AvgIpc) is 2.65. The van der Waals surface area contributed by atoms with E-state index in [0.29, 0.717) is 11.8 Å².